The summed E-state index contributed by atoms with van der Waals surface area (Å²) in [5.41, 5.74) is 1.83. The highest BCUT2D eigenvalue weighted by atomic mass is 19.1. The summed E-state index contributed by atoms with van der Waals surface area (Å²) in [6.45, 7) is 1.45. The number of piperidine rings is 1. The summed E-state index contributed by atoms with van der Waals surface area (Å²) in [7, 11) is 0. The van der Waals surface area contributed by atoms with Crippen LogP contribution in [0.25, 0.3) is 0 Å². The zero-order valence-corrected chi connectivity index (χ0v) is 14.5. The molecular weight excluding hydrogens is 334 g/mol. The molecule has 1 amide bonds. The van der Waals surface area contributed by atoms with Gasteiger partial charge in [-0.05, 0) is 67.1 Å². The number of hydrogen-bond donors (Lipinski definition) is 1. The van der Waals surface area contributed by atoms with Crippen molar-refractivity contribution in [3.8, 4) is 0 Å². The van der Waals surface area contributed by atoms with Crippen molar-refractivity contribution in [1.29, 1.82) is 0 Å². The minimum absolute atomic E-state index is 0.00147. The van der Waals surface area contributed by atoms with Crippen molar-refractivity contribution in [1.82, 2.24) is 4.90 Å². The Morgan fingerprint density at radius 3 is 2.42 bits per heavy atom. The number of likely N-dealkylation sites (tertiary alicyclic amines) is 1. The number of anilines is 1. The van der Waals surface area contributed by atoms with Crippen LogP contribution in [0.1, 0.15) is 30.7 Å². The minimum atomic E-state index is -0.242. The molecule has 1 aliphatic carbocycles. The van der Waals surface area contributed by atoms with Gasteiger partial charge < -0.3 is 10.2 Å². The number of benzene rings is 2. The number of carbonyl (C=O) groups excluding carboxylic acids is 1. The maximum Gasteiger partial charge on any atom is 0.226 e. The highest BCUT2D eigenvalue weighted by Gasteiger charge is 2.46. The topological polar surface area (TPSA) is 32.3 Å². The first-order valence-electron chi connectivity index (χ1n) is 9.16. The van der Waals surface area contributed by atoms with Crippen LogP contribution in [0.5, 0.6) is 0 Å². The van der Waals surface area contributed by atoms with E-state index >= 15 is 0 Å². The van der Waals surface area contributed by atoms with Gasteiger partial charge >= 0.3 is 0 Å². The molecule has 2 aromatic rings. The molecule has 2 fully saturated rings. The summed E-state index contributed by atoms with van der Waals surface area (Å²) in [5, 5.41) is 3.41. The van der Waals surface area contributed by atoms with Gasteiger partial charge in [0.15, 0.2) is 0 Å². The highest BCUT2D eigenvalue weighted by molar-refractivity contribution is 5.83. The highest BCUT2D eigenvalue weighted by Crippen LogP contribution is 2.48. The molecule has 2 aromatic carbocycles. The van der Waals surface area contributed by atoms with Crippen LogP contribution in [0.3, 0.4) is 0 Å². The minimum Gasteiger partial charge on any atom is -0.382 e. The number of amides is 1. The first kappa shape index (κ1) is 17.0. The third kappa shape index (κ3) is 3.71. The molecule has 136 valence electrons. The normalized spacial score (nSPS) is 22.9. The van der Waals surface area contributed by atoms with Crippen LogP contribution < -0.4 is 5.32 Å². The van der Waals surface area contributed by atoms with Crippen molar-refractivity contribution in [3.63, 3.8) is 0 Å². The molecule has 3 nitrogen and oxygen atoms in total. The third-order valence-corrected chi connectivity index (χ3v) is 5.41. The summed E-state index contributed by atoms with van der Waals surface area (Å²) >= 11 is 0. The largest absolute Gasteiger partial charge is 0.382 e. The van der Waals surface area contributed by atoms with E-state index in [1.807, 2.05) is 11.0 Å². The molecule has 0 radical (unpaired) electrons. The van der Waals surface area contributed by atoms with Gasteiger partial charge in [-0.15, -0.1) is 0 Å². The Hall–Kier alpha value is -2.43. The Morgan fingerprint density at radius 1 is 1.00 bits per heavy atom. The van der Waals surface area contributed by atoms with Crippen molar-refractivity contribution >= 4 is 11.6 Å². The molecule has 0 aromatic heterocycles. The van der Waals surface area contributed by atoms with Gasteiger partial charge in [0.1, 0.15) is 11.6 Å². The summed E-state index contributed by atoms with van der Waals surface area (Å²) in [5.74, 6) is -0.132. The lowest BCUT2D eigenvalue weighted by Crippen LogP contribution is -2.43. The monoisotopic (exact) mass is 356 g/mol. The first-order valence-corrected chi connectivity index (χ1v) is 9.16. The van der Waals surface area contributed by atoms with Crippen LogP contribution in [0.4, 0.5) is 14.5 Å². The standard InChI is InChI=1S/C21H22F2N2O/c22-15-4-6-17(7-5-15)24-18-8-10-25(11-9-18)21(26)20-13-19(20)14-2-1-3-16(23)12-14/h1-7,12,18-20,24H,8-11,13H2/t19-,20-/m0/s1. The lowest BCUT2D eigenvalue weighted by molar-refractivity contribution is -0.133. The Kier molecular flexibility index (Phi) is 4.62. The molecule has 0 bridgehead atoms. The Balaban J connectivity index is 1.28. The van der Waals surface area contributed by atoms with Crippen LogP contribution >= 0.6 is 0 Å². The van der Waals surface area contributed by atoms with Crippen LogP contribution in [0.2, 0.25) is 0 Å². The Labute approximate surface area is 152 Å². The van der Waals surface area contributed by atoms with Gasteiger partial charge in [-0.25, -0.2) is 8.78 Å². The van der Waals surface area contributed by atoms with Crippen molar-refractivity contribution in [2.75, 3.05) is 18.4 Å². The summed E-state index contributed by atoms with van der Waals surface area (Å²) in [6.07, 6.45) is 2.57. The quantitative estimate of drug-likeness (QED) is 0.892. The van der Waals surface area contributed by atoms with Crippen molar-refractivity contribution < 1.29 is 13.6 Å². The number of halogens is 2. The second kappa shape index (κ2) is 7.06. The molecule has 4 rings (SSSR count). The predicted molar refractivity (Wildman–Crippen MR) is 96.9 cm³/mol. The molecule has 1 heterocycles. The molecule has 1 aliphatic heterocycles. The van der Waals surface area contributed by atoms with Gasteiger partial charge in [-0.2, -0.15) is 0 Å². The molecule has 2 aliphatic rings. The van der Waals surface area contributed by atoms with Crippen LogP contribution in [0.15, 0.2) is 48.5 Å². The lowest BCUT2D eigenvalue weighted by Gasteiger charge is -2.33. The van der Waals surface area contributed by atoms with Crippen molar-refractivity contribution in [2.24, 2.45) is 5.92 Å². The first-order chi connectivity index (χ1) is 12.6. The van der Waals surface area contributed by atoms with E-state index < -0.39 is 0 Å². The number of nitrogens with zero attached hydrogens (tertiary/aromatic N) is 1. The predicted octanol–water partition coefficient (Wildman–Crippen LogP) is 4.17. The fourth-order valence-corrected chi connectivity index (χ4v) is 3.83. The Bertz CT molecular complexity index is 785. The average Bonchev–Trinajstić information content (AvgIpc) is 3.45. The number of hydrogen-bond acceptors (Lipinski definition) is 2. The molecule has 5 heteroatoms. The molecular formula is C21H22F2N2O. The van der Waals surface area contributed by atoms with E-state index in [0.29, 0.717) is 6.04 Å². The molecule has 1 saturated heterocycles. The molecule has 1 N–H and O–H groups in total. The van der Waals surface area contributed by atoms with Crippen LogP contribution in [-0.4, -0.2) is 29.9 Å². The van der Waals surface area contributed by atoms with Crippen LogP contribution in [0, 0.1) is 17.6 Å². The summed E-state index contributed by atoms with van der Waals surface area (Å²) < 4.78 is 26.3. The fraction of sp³-hybridized carbons (Fsp3) is 0.381. The van der Waals surface area contributed by atoms with Gasteiger partial charge in [0.05, 0.1) is 0 Å². The van der Waals surface area contributed by atoms with Gasteiger partial charge in [-0.1, -0.05) is 12.1 Å². The SMILES string of the molecule is O=C([C@H]1C[C@H]1c1cccc(F)c1)N1CCC(Nc2ccc(F)cc2)CC1. The van der Waals surface area contributed by atoms with Crippen molar-refractivity contribution in [3.05, 3.63) is 65.7 Å². The van der Waals surface area contributed by atoms with E-state index in [0.717, 1.165) is 43.6 Å². The van der Waals surface area contributed by atoms with E-state index in [1.165, 1.54) is 24.3 Å². The fourth-order valence-electron chi connectivity index (χ4n) is 3.83. The van der Waals surface area contributed by atoms with E-state index in [-0.39, 0.29) is 29.4 Å². The van der Waals surface area contributed by atoms with Crippen LogP contribution in [-0.2, 0) is 4.79 Å². The zero-order valence-electron chi connectivity index (χ0n) is 14.5. The third-order valence-electron chi connectivity index (χ3n) is 5.41. The average molecular weight is 356 g/mol. The second-order valence-corrected chi connectivity index (χ2v) is 7.25. The summed E-state index contributed by atoms with van der Waals surface area (Å²) in [6, 6.07) is 13.2. The zero-order chi connectivity index (χ0) is 18.1. The van der Waals surface area contributed by atoms with Gasteiger partial charge in [-0.3, -0.25) is 4.79 Å². The maximum absolute atomic E-state index is 13.4. The smallest absolute Gasteiger partial charge is 0.226 e. The Morgan fingerprint density at radius 2 is 1.73 bits per heavy atom. The lowest BCUT2D eigenvalue weighted by atomic mass is 10.0. The van der Waals surface area contributed by atoms with Crippen molar-refractivity contribution in [2.45, 2.75) is 31.2 Å². The van der Waals surface area contributed by atoms with E-state index in [9.17, 15) is 13.6 Å². The summed E-state index contributed by atoms with van der Waals surface area (Å²) in [4.78, 5) is 14.6. The molecule has 0 spiro atoms. The number of carbonyl (C=O) groups is 1. The molecule has 1 saturated carbocycles. The molecule has 2 atom stereocenters. The van der Waals surface area contributed by atoms with E-state index in [2.05, 4.69) is 5.32 Å². The molecule has 26 heavy (non-hydrogen) atoms. The maximum atomic E-state index is 13.4. The molecule has 0 unspecified atom stereocenters. The van der Waals surface area contributed by atoms with E-state index in [4.69, 9.17) is 0 Å². The van der Waals surface area contributed by atoms with E-state index in [1.54, 1.807) is 18.2 Å². The van der Waals surface area contributed by atoms with Gasteiger partial charge in [0.25, 0.3) is 0 Å². The van der Waals surface area contributed by atoms with Gasteiger partial charge in [0.2, 0.25) is 5.91 Å². The second-order valence-electron chi connectivity index (χ2n) is 7.25. The number of rotatable bonds is 4. The number of nitrogens with one attached hydrogen (secondary N) is 1. The van der Waals surface area contributed by atoms with Gasteiger partial charge in [0, 0.05) is 30.7 Å².